The fourth-order valence-corrected chi connectivity index (χ4v) is 1.67. The Morgan fingerprint density at radius 3 is 2.52 bits per heavy atom. The molecule has 1 aromatic rings. The van der Waals surface area contributed by atoms with Gasteiger partial charge >= 0.3 is 0 Å². The SMILES string of the molecule is C=C(CNC(=O)c1ncnc(N(C)C(C)C)c1C)C(C)=O. The minimum absolute atomic E-state index is 0.118. The van der Waals surface area contributed by atoms with Crippen LogP contribution in [-0.2, 0) is 4.79 Å². The molecule has 0 aromatic carbocycles. The van der Waals surface area contributed by atoms with E-state index in [0.717, 1.165) is 5.82 Å². The molecule has 1 amide bonds. The van der Waals surface area contributed by atoms with Crippen molar-refractivity contribution in [2.24, 2.45) is 0 Å². The minimum Gasteiger partial charge on any atom is -0.357 e. The Morgan fingerprint density at radius 1 is 1.38 bits per heavy atom. The molecule has 0 fully saturated rings. The normalized spacial score (nSPS) is 10.4. The first-order valence-electron chi connectivity index (χ1n) is 6.77. The fraction of sp³-hybridized carbons (Fsp3) is 0.467. The van der Waals surface area contributed by atoms with Crippen LogP contribution in [0.3, 0.4) is 0 Å². The van der Waals surface area contributed by atoms with Crippen molar-refractivity contribution in [2.75, 3.05) is 18.5 Å². The number of anilines is 1. The molecule has 0 aliphatic carbocycles. The predicted octanol–water partition coefficient (Wildman–Crippen LogP) is 1.50. The number of aromatic nitrogens is 2. The summed E-state index contributed by atoms with van der Waals surface area (Å²) in [6.45, 7) is 11.0. The third kappa shape index (κ3) is 4.11. The molecule has 0 saturated heterocycles. The number of amides is 1. The molecule has 0 bridgehead atoms. The van der Waals surface area contributed by atoms with E-state index in [9.17, 15) is 9.59 Å². The summed E-state index contributed by atoms with van der Waals surface area (Å²) < 4.78 is 0. The van der Waals surface area contributed by atoms with Gasteiger partial charge in [0.25, 0.3) is 5.91 Å². The van der Waals surface area contributed by atoms with Gasteiger partial charge in [0.1, 0.15) is 17.8 Å². The zero-order chi connectivity index (χ0) is 16.2. The molecule has 1 heterocycles. The quantitative estimate of drug-likeness (QED) is 0.804. The van der Waals surface area contributed by atoms with Crippen LogP contribution in [0.2, 0.25) is 0 Å². The van der Waals surface area contributed by atoms with Crippen molar-refractivity contribution in [3.8, 4) is 0 Å². The van der Waals surface area contributed by atoms with Crippen molar-refractivity contribution < 1.29 is 9.59 Å². The molecule has 0 unspecified atom stereocenters. The lowest BCUT2D eigenvalue weighted by Crippen LogP contribution is -2.31. The summed E-state index contributed by atoms with van der Waals surface area (Å²) in [6.07, 6.45) is 1.37. The van der Waals surface area contributed by atoms with E-state index in [1.807, 2.05) is 32.7 Å². The van der Waals surface area contributed by atoms with Crippen molar-refractivity contribution in [2.45, 2.75) is 33.7 Å². The number of carbonyl (C=O) groups excluding carboxylic acids is 2. The van der Waals surface area contributed by atoms with Crippen molar-refractivity contribution in [1.82, 2.24) is 15.3 Å². The van der Waals surface area contributed by atoms with E-state index < -0.39 is 0 Å². The first-order chi connectivity index (χ1) is 9.75. The Bertz CT molecular complexity index is 567. The molecule has 1 rings (SSSR count). The van der Waals surface area contributed by atoms with Crippen LogP contribution in [0.15, 0.2) is 18.5 Å². The van der Waals surface area contributed by atoms with Gasteiger partial charge in [-0.25, -0.2) is 9.97 Å². The highest BCUT2D eigenvalue weighted by molar-refractivity contribution is 5.97. The predicted molar refractivity (Wildman–Crippen MR) is 82.5 cm³/mol. The van der Waals surface area contributed by atoms with E-state index in [1.165, 1.54) is 13.3 Å². The van der Waals surface area contributed by atoms with Crippen molar-refractivity contribution in [3.63, 3.8) is 0 Å². The number of nitrogens with one attached hydrogen (secondary N) is 1. The van der Waals surface area contributed by atoms with Gasteiger partial charge in [0.05, 0.1) is 0 Å². The number of carbonyl (C=O) groups is 2. The third-order valence-electron chi connectivity index (χ3n) is 3.34. The van der Waals surface area contributed by atoms with Gasteiger partial charge in [-0.05, 0) is 27.7 Å². The summed E-state index contributed by atoms with van der Waals surface area (Å²) in [5, 5.41) is 2.65. The van der Waals surface area contributed by atoms with Gasteiger partial charge in [-0.1, -0.05) is 6.58 Å². The lowest BCUT2D eigenvalue weighted by Gasteiger charge is -2.24. The molecule has 0 aliphatic heterocycles. The van der Waals surface area contributed by atoms with E-state index in [-0.39, 0.29) is 24.3 Å². The first kappa shape index (κ1) is 16.8. The lowest BCUT2D eigenvalue weighted by atomic mass is 10.2. The van der Waals surface area contributed by atoms with Crippen molar-refractivity contribution in [1.29, 1.82) is 0 Å². The standard InChI is InChI=1S/C15H22N4O2/c1-9(2)19(6)14-11(4)13(17-8-18-14)15(21)16-7-10(3)12(5)20/h8-9H,3,7H2,1-2,4-6H3,(H,16,21). The Morgan fingerprint density at radius 2 is 2.00 bits per heavy atom. The summed E-state index contributed by atoms with van der Waals surface area (Å²) in [6, 6.07) is 0.256. The van der Waals surface area contributed by atoms with E-state index in [0.29, 0.717) is 16.8 Å². The molecule has 6 nitrogen and oxygen atoms in total. The van der Waals surface area contributed by atoms with Gasteiger partial charge in [0.2, 0.25) is 0 Å². The molecular weight excluding hydrogens is 268 g/mol. The Kier molecular flexibility index (Phi) is 5.58. The smallest absolute Gasteiger partial charge is 0.270 e. The Balaban J connectivity index is 2.93. The van der Waals surface area contributed by atoms with E-state index in [1.54, 1.807) is 0 Å². The zero-order valence-corrected chi connectivity index (χ0v) is 13.2. The molecule has 1 aromatic heterocycles. The van der Waals surface area contributed by atoms with Crippen LogP contribution in [0.25, 0.3) is 0 Å². The van der Waals surface area contributed by atoms with Crippen LogP contribution < -0.4 is 10.2 Å². The molecular formula is C15H22N4O2. The third-order valence-corrected chi connectivity index (χ3v) is 3.34. The fourth-order valence-electron chi connectivity index (χ4n) is 1.67. The van der Waals surface area contributed by atoms with Crippen LogP contribution in [0.4, 0.5) is 5.82 Å². The molecule has 0 radical (unpaired) electrons. The summed E-state index contributed by atoms with van der Waals surface area (Å²) >= 11 is 0. The molecule has 6 heteroatoms. The second kappa shape index (κ2) is 6.97. The summed E-state index contributed by atoms with van der Waals surface area (Å²) in [4.78, 5) is 33.5. The second-order valence-electron chi connectivity index (χ2n) is 5.22. The van der Waals surface area contributed by atoms with Gasteiger partial charge < -0.3 is 10.2 Å². The summed E-state index contributed by atoms with van der Waals surface area (Å²) in [5.74, 6) is 0.237. The van der Waals surface area contributed by atoms with Crippen LogP contribution in [0, 0.1) is 6.92 Å². The van der Waals surface area contributed by atoms with E-state index in [4.69, 9.17) is 0 Å². The maximum atomic E-state index is 12.2. The highest BCUT2D eigenvalue weighted by atomic mass is 16.2. The minimum atomic E-state index is -0.337. The summed E-state index contributed by atoms with van der Waals surface area (Å²) in [5.41, 5.74) is 1.37. The van der Waals surface area contributed by atoms with Gasteiger partial charge in [-0.15, -0.1) is 0 Å². The monoisotopic (exact) mass is 290 g/mol. The molecule has 114 valence electrons. The lowest BCUT2D eigenvalue weighted by molar-refractivity contribution is -0.113. The second-order valence-corrected chi connectivity index (χ2v) is 5.22. The van der Waals surface area contributed by atoms with Crippen molar-refractivity contribution in [3.05, 3.63) is 29.7 Å². The number of hydrogen-bond donors (Lipinski definition) is 1. The molecule has 1 N–H and O–H groups in total. The average molecular weight is 290 g/mol. The molecule has 0 saturated carbocycles. The van der Waals surface area contributed by atoms with Gasteiger partial charge in [-0.3, -0.25) is 9.59 Å². The maximum absolute atomic E-state index is 12.2. The number of nitrogens with zero attached hydrogens (tertiary/aromatic N) is 3. The van der Waals surface area contributed by atoms with Crippen LogP contribution in [-0.4, -0.2) is 41.3 Å². The first-order valence-corrected chi connectivity index (χ1v) is 6.77. The average Bonchev–Trinajstić information content (AvgIpc) is 2.43. The van der Waals surface area contributed by atoms with Gasteiger partial charge in [0.15, 0.2) is 5.78 Å². The van der Waals surface area contributed by atoms with E-state index >= 15 is 0 Å². The highest BCUT2D eigenvalue weighted by Crippen LogP contribution is 2.19. The Hall–Kier alpha value is -2.24. The van der Waals surface area contributed by atoms with Crippen LogP contribution >= 0.6 is 0 Å². The van der Waals surface area contributed by atoms with Crippen LogP contribution in [0.1, 0.15) is 36.8 Å². The van der Waals surface area contributed by atoms with E-state index in [2.05, 4.69) is 21.9 Å². The number of rotatable bonds is 6. The number of ketones is 1. The molecule has 0 spiro atoms. The number of Topliss-reactive ketones (excluding diaryl/α,β-unsaturated/α-hetero) is 1. The zero-order valence-electron chi connectivity index (χ0n) is 13.2. The maximum Gasteiger partial charge on any atom is 0.270 e. The largest absolute Gasteiger partial charge is 0.357 e. The highest BCUT2D eigenvalue weighted by Gasteiger charge is 2.18. The molecule has 0 atom stereocenters. The van der Waals surface area contributed by atoms with Crippen molar-refractivity contribution >= 4 is 17.5 Å². The topological polar surface area (TPSA) is 75.2 Å². The molecule has 0 aliphatic rings. The summed E-state index contributed by atoms with van der Waals surface area (Å²) in [7, 11) is 1.92. The van der Waals surface area contributed by atoms with Gasteiger partial charge in [-0.2, -0.15) is 0 Å². The number of hydrogen-bond acceptors (Lipinski definition) is 5. The Labute approximate surface area is 125 Å². The van der Waals surface area contributed by atoms with Crippen LogP contribution in [0.5, 0.6) is 0 Å². The van der Waals surface area contributed by atoms with Gasteiger partial charge in [0, 0.05) is 30.8 Å². The molecule has 21 heavy (non-hydrogen) atoms.